The van der Waals surface area contributed by atoms with Gasteiger partial charge in [-0.15, -0.1) is 0 Å². The van der Waals surface area contributed by atoms with Crippen LogP contribution in [0.3, 0.4) is 0 Å². The van der Waals surface area contributed by atoms with Gasteiger partial charge in [0.2, 0.25) is 0 Å². The number of rotatable bonds is 6. The van der Waals surface area contributed by atoms with E-state index >= 15 is 0 Å². The van der Waals surface area contributed by atoms with Gasteiger partial charge in [0.25, 0.3) is 10.2 Å². The van der Waals surface area contributed by atoms with Crippen molar-refractivity contribution >= 4 is 20.5 Å². The minimum atomic E-state index is -4.05. The standard InChI is InChI=1S/C15H25N5O5S2/c16-26(21,22)19-5-8-20-6-3-15(4-7-20)11-18-10-12-9-13(1-2-14(12)15)25-27(17,23)24/h1-2,9,18-19H,3-8,10-11H2,(H2,16,21,22)(H2,17,23,24). The van der Waals surface area contributed by atoms with E-state index in [2.05, 4.69) is 14.9 Å². The van der Waals surface area contributed by atoms with Crippen LogP contribution in [0.5, 0.6) is 5.75 Å². The number of piperidine rings is 1. The first-order chi connectivity index (χ1) is 12.6. The molecule has 10 nitrogen and oxygen atoms in total. The lowest BCUT2D eigenvalue weighted by Gasteiger charge is -2.45. The lowest BCUT2D eigenvalue weighted by atomic mass is 9.69. The molecule has 0 radical (unpaired) electrons. The van der Waals surface area contributed by atoms with Crippen molar-refractivity contribution in [2.24, 2.45) is 10.3 Å². The van der Waals surface area contributed by atoms with Crippen LogP contribution in [-0.4, -0.2) is 54.5 Å². The predicted octanol–water partition coefficient (Wildman–Crippen LogP) is -1.50. The molecule has 12 heteroatoms. The van der Waals surface area contributed by atoms with E-state index in [9.17, 15) is 16.8 Å². The highest BCUT2D eigenvalue weighted by Crippen LogP contribution is 2.40. The van der Waals surface area contributed by atoms with Gasteiger partial charge in [0, 0.05) is 31.6 Å². The molecule has 0 bridgehead atoms. The number of nitrogens with one attached hydrogen (secondary N) is 2. The van der Waals surface area contributed by atoms with Crippen LogP contribution >= 0.6 is 0 Å². The summed E-state index contributed by atoms with van der Waals surface area (Å²) in [7, 11) is -7.71. The quantitative estimate of drug-likeness (QED) is 0.437. The first-order valence-electron chi connectivity index (χ1n) is 8.62. The molecule has 0 amide bonds. The van der Waals surface area contributed by atoms with Crippen molar-refractivity contribution in [2.75, 3.05) is 32.7 Å². The maximum absolute atomic E-state index is 11.1. The van der Waals surface area contributed by atoms with Crippen LogP contribution < -0.4 is 24.5 Å². The smallest absolute Gasteiger partial charge is 0.371 e. The van der Waals surface area contributed by atoms with Crippen LogP contribution in [0.2, 0.25) is 0 Å². The number of nitrogens with zero attached hydrogens (tertiary/aromatic N) is 1. The van der Waals surface area contributed by atoms with E-state index in [1.54, 1.807) is 12.1 Å². The Hall–Kier alpha value is -1.28. The maximum Gasteiger partial charge on any atom is 0.380 e. The molecular formula is C15H25N5O5S2. The molecule has 6 N–H and O–H groups in total. The fourth-order valence-electron chi connectivity index (χ4n) is 3.95. The van der Waals surface area contributed by atoms with Crippen LogP contribution in [-0.2, 0) is 32.5 Å². The van der Waals surface area contributed by atoms with E-state index in [1.807, 2.05) is 6.07 Å². The lowest BCUT2D eigenvalue weighted by molar-refractivity contribution is 0.152. The van der Waals surface area contributed by atoms with Crippen LogP contribution in [0.25, 0.3) is 0 Å². The number of likely N-dealkylation sites (tertiary alicyclic amines) is 1. The van der Waals surface area contributed by atoms with Crippen molar-refractivity contribution in [3.8, 4) is 5.75 Å². The molecule has 1 aromatic rings. The van der Waals surface area contributed by atoms with Crippen molar-refractivity contribution in [3.63, 3.8) is 0 Å². The third-order valence-electron chi connectivity index (χ3n) is 5.18. The summed E-state index contributed by atoms with van der Waals surface area (Å²) in [5.41, 5.74) is 2.18. The molecule has 2 aliphatic rings. The monoisotopic (exact) mass is 419 g/mol. The molecular weight excluding hydrogens is 394 g/mol. The molecule has 0 unspecified atom stereocenters. The van der Waals surface area contributed by atoms with E-state index in [0.29, 0.717) is 13.1 Å². The maximum atomic E-state index is 11.1. The molecule has 1 spiro atoms. The fraction of sp³-hybridized carbons (Fsp3) is 0.600. The zero-order valence-corrected chi connectivity index (χ0v) is 16.5. The average molecular weight is 420 g/mol. The number of benzene rings is 1. The van der Waals surface area contributed by atoms with E-state index < -0.39 is 20.5 Å². The van der Waals surface area contributed by atoms with Gasteiger partial charge >= 0.3 is 10.3 Å². The summed E-state index contributed by atoms with van der Waals surface area (Å²) in [5, 5.41) is 13.3. The molecule has 0 aliphatic carbocycles. The Morgan fingerprint density at radius 3 is 2.52 bits per heavy atom. The second kappa shape index (κ2) is 7.62. The van der Waals surface area contributed by atoms with Gasteiger partial charge < -0.3 is 14.4 Å². The summed E-state index contributed by atoms with van der Waals surface area (Å²) in [6, 6.07) is 5.28. The van der Waals surface area contributed by atoms with Gasteiger partial charge in [-0.25, -0.2) is 9.86 Å². The van der Waals surface area contributed by atoms with Gasteiger partial charge in [-0.05, 0) is 49.2 Å². The zero-order valence-electron chi connectivity index (χ0n) is 14.8. The van der Waals surface area contributed by atoms with Crippen molar-refractivity contribution in [1.29, 1.82) is 0 Å². The van der Waals surface area contributed by atoms with Crippen LogP contribution in [0, 0.1) is 0 Å². The predicted molar refractivity (Wildman–Crippen MR) is 100 cm³/mol. The van der Waals surface area contributed by atoms with Crippen molar-refractivity contribution in [1.82, 2.24) is 14.9 Å². The largest absolute Gasteiger partial charge is 0.380 e. The molecule has 1 saturated heterocycles. The fourth-order valence-corrected chi connectivity index (χ4v) is 4.70. The second-order valence-electron chi connectivity index (χ2n) is 7.06. The Morgan fingerprint density at radius 2 is 1.89 bits per heavy atom. The molecule has 1 aromatic carbocycles. The number of fused-ring (bicyclic) bond motifs is 2. The van der Waals surface area contributed by atoms with E-state index in [4.69, 9.17) is 14.5 Å². The van der Waals surface area contributed by atoms with Crippen molar-refractivity contribution < 1.29 is 21.0 Å². The van der Waals surface area contributed by atoms with Gasteiger partial charge in [0.05, 0.1) is 0 Å². The van der Waals surface area contributed by atoms with Crippen molar-refractivity contribution in [2.45, 2.75) is 24.8 Å². The van der Waals surface area contributed by atoms with Crippen LogP contribution in [0.1, 0.15) is 24.0 Å². The molecule has 152 valence electrons. The summed E-state index contributed by atoms with van der Waals surface area (Å²) >= 11 is 0. The molecule has 0 atom stereocenters. The van der Waals surface area contributed by atoms with Crippen LogP contribution in [0.4, 0.5) is 0 Å². The Labute approximate surface area is 159 Å². The summed E-state index contributed by atoms with van der Waals surface area (Å²) in [5.74, 6) is 0.210. The highest BCUT2D eigenvalue weighted by atomic mass is 32.2. The van der Waals surface area contributed by atoms with E-state index in [0.717, 1.165) is 38.0 Å². The minimum Gasteiger partial charge on any atom is -0.371 e. The molecule has 1 fully saturated rings. The Balaban J connectivity index is 1.67. The first-order valence-corrected chi connectivity index (χ1v) is 11.6. The van der Waals surface area contributed by atoms with Gasteiger partial charge in [-0.1, -0.05) is 6.07 Å². The third kappa shape index (κ3) is 5.38. The van der Waals surface area contributed by atoms with Gasteiger partial charge in [-0.3, -0.25) is 0 Å². The van der Waals surface area contributed by atoms with Crippen molar-refractivity contribution in [3.05, 3.63) is 29.3 Å². The molecule has 27 heavy (non-hydrogen) atoms. The molecule has 2 aliphatic heterocycles. The molecule has 2 heterocycles. The second-order valence-corrected chi connectivity index (χ2v) is 9.59. The first kappa shape index (κ1) is 20.5. The summed E-state index contributed by atoms with van der Waals surface area (Å²) < 4.78 is 51.2. The minimum absolute atomic E-state index is 0.0302. The Kier molecular flexibility index (Phi) is 5.77. The zero-order chi connectivity index (χ0) is 19.7. The van der Waals surface area contributed by atoms with E-state index in [1.165, 1.54) is 5.56 Å². The van der Waals surface area contributed by atoms with Crippen LogP contribution in [0.15, 0.2) is 18.2 Å². The third-order valence-corrected chi connectivity index (χ3v) is 6.21. The summed E-state index contributed by atoms with van der Waals surface area (Å²) in [6.07, 6.45) is 1.83. The number of hydrogen-bond donors (Lipinski definition) is 4. The van der Waals surface area contributed by atoms with Gasteiger partial charge in [0.15, 0.2) is 0 Å². The number of hydrogen-bond acceptors (Lipinski definition) is 7. The molecule has 3 rings (SSSR count). The normalized spacial score (nSPS) is 20.4. The highest BCUT2D eigenvalue weighted by Gasteiger charge is 2.39. The summed E-state index contributed by atoms with van der Waals surface area (Å²) in [6.45, 7) is 4.05. The number of nitrogens with two attached hydrogens (primary N) is 2. The highest BCUT2D eigenvalue weighted by molar-refractivity contribution is 7.87. The molecule has 0 saturated carbocycles. The topological polar surface area (TPSA) is 157 Å². The lowest BCUT2D eigenvalue weighted by Crippen LogP contribution is -2.51. The SMILES string of the molecule is NS(=O)(=O)NCCN1CCC2(CC1)CNCc1cc(OS(N)(=O)=O)ccc12. The Morgan fingerprint density at radius 1 is 1.19 bits per heavy atom. The summed E-state index contributed by atoms with van der Waals surface area (Å²) in [4.78, 5) is 2.20. The van der Waals surface area contributed by atoms with E-state index in [-0.39, 0.29) is 17.7 Å². The van der Waals surface area contributed by atoms with Gasteiger partial charge in [-0.2, -0.15) is 22.0 Å². The van der Waals surface area contributed by atoms with Gasteiger partial charge in [0.1, 0.15) is 5.75 Å². The average Bonchev–Trinajstić information content (AvgIpc) is 2.54. The Bertz CT molecular complexity index is 895. The molecule has 0 aromatic heterocycles.